The number of nitrogens with one attached hydrogen (secondary N) is 1. The van der Waals surface area contributed by atoms with E-state index in [1.165, 1.54) is 18.3 Å². The summed E-state index contributed by atoms with van der Waals surface area (Å²) in [6.07, 6.45) is 1.96. The maximum Gasteiger partial charge on any atom is 0.272 e. The first-order valence-corrected chi connectivity index (χ1v) is 9.17. The van der Waals surface area contributed by atoms with Gasteiger partial charge in [0.05, 0.1) is 0 Å². The molecule has 2 rings (SSSR count). The first-order chi connectivity index (χ1) is 9.29. The highest BCUT2D eigenvalue weighted by molar-refractivity contribution is 9.09. The van der Waals surface area contributed by atoms with Crippen LogP contribution in [-0.2, 0) is 14.8 Å². The number of halogens is 1. The van der Waals surface area contributed by atoms with E-state index in [0.29, 0.717) is 17.3 Å². The zero-order chi connectivity index (χ0) is 14.9. The topological polar surface area (TPSA) is 92.3 Å². The van der Waals surface area contributed by atoms with Crippen LogP contribution < -0.4 is 5.32 Å². The Kier molecular flexibility index (Phi) is 4.77. The van der Waals surface area contributed by atoms with Crippen molar-refractivity contribution in [2.75, 3.05) is 18.9 Å². The minimum absolute atomic E-state index is 0.0986. The van der Waals surface area contributed by atoms with Crippen molar-refractivity contribution in [2.24, 2.45) is 5.92 Å². The summed E-state index contributed by atoms with van der Waals surface area (Å²) < 4.78 is 25.8. The maximum atomic E-state index is 12.3. The molecule has 0 bridgehead atoms. The fourth-order valence-electron chi connectivity index (χ4n) is 1.91. The molecule has 0 aliphatic heterocycles. The zero-order valence-corrected chi connectivity index (χ0v) is 14.3. The third kappa shape index (κ3) is 3.54. The Labute approximate surface area is 129 Å². The summed E-state index contributed by atoms with van der Waals surface area (Å²) in [4.78, 5) is 11.4. The molecule has 0 spiro atoms. The van der Waals surface area contributed by atoms with Crippen molar-refractivity contribution in [1.82, 2.24) is 14.5 Å². The Balaban J connectivity index is 2.05. The second-order valence-electron chi connectivity index (χ2n) is 4.77. The van der Waals surface area contributed by atoms with Crippen LogP contribution in [0.4, 0.5) is 5.13 Å². The maximum absolute atomic E-state index is 12.3. The van der Waals surface area contributed by atoms with Crippen LogP contribution in [0.25, 0.3) is 0 Å². The van der Waals surface area contributed by atoms with Gasteiger partial charge in [0.15, 0.2) is 0 Å². The smallest absolute Gasteiger partial charge is 0.272 e. The molecule has 1 aromatic rings. The summed E-state index contributed by atoms with van der Waals surface area (Å²) in [5.41, 5.74) is 0. The summed E-state index contributed by atoms with van der Waals surface area (Å²) in [7, 11) is -2.09. The Morgan fingerprint density at radius 2 is 2.15 bits per heavy atom. The number of carbonyl (C=O) groups is 1. The predicted octanol–water partition coefficient (Wildman–Crippen LogP) is 1.29. The fourth-order valence-corrected chi connectivity index (χ4v) is 5.35. The van der Waals surface area contributed by atoms with Gasteiger partial charge in [0, 0.05) is 25.3 Å². The number of sulfonamides is 1. The van der Waals surface area contributed by atoms with Gasteiger partial charge in [-0.15, -0.1) is 10.2 Å². The van der Waals surface area contributed by atoms with Crippen LogP contribution in [0.2, 0.25) is 0 Å². The molecule has 1 heterocycles. The van der Waals surface area contributed by atoms with E-state index in [2.05, 4.69) is 31.4 Å². The van der Waals surface area contributed by atoms with E-state index in [-0.39, 0.29) is 15.4 Å². The standard InChI is InChI=1S/C10H15BrN4O3S2/c1-6(16)12-9-13-14-10(19-9)20(17,18)15(2)5-7-3-8(11)4-7/h7-8H,3-5H2,1-2H3,(H,12,13,16). The van der Waals surface area contributed by atoms with E-state index in [1.807, 2.05) is 0 Å². The first-order valence-electron chi connectivity index (χ1n) is 6.00. The van der Waals surface area contributed by atoms with Gasteiger partial charge in [-0.05, 0) is 18.8 Å². The lowest BCUT2D eigenvalue weighted by Gasteiger charge is -2.33. The number of rotatable bonds is 5. The van der Waals surface area contributed by atoms with E-state index in [4.69, 9.17) is 0 Å². The van der Waals surface area contributed by atoms with Crippen LogP contribution in [0, 0.1) is 5.92 Å². The molecule has 0 atom stereocenters. The first kappa shape index (κ1) is 15.8. The van der Waals surface area contributed by atoms with E-state index in [0.717, 1.165) is 24.2 Å². The number of carbonyl (C=O) groups excluding carboxylic acids is 1. The molecule has 0 radical (unpaired) electrons. The van der Waals surface area contributed by atoms with Crippen LogP contribution in [-0.4, -0.2) is 47.2 Å². The lowest BCUT2D eigenvalue weighted by atomic mass is 9.85. The summed E-state index contributed by atoms with van der Waals surface area (Å²) in [6, 6.07) is 0. The van der Waals surface area contributed by atoms with Crippen LogP contribution in [0.15, 0.2) is 4.34 Å². The van der Waals surface area contributed by atoms with Gasteiger partial charge in [-0.3, -0.25) is 4.79 Å². The fraction of sp³-hybridized carbons (Fsp3) is 0.700. The molecule has 7 nitrogen and oxygen atoms in total. The molecule has 10 heteroatoms. The highest BCUT2D eigenvalue weighted by Gasteiger charge is 2.33. The van der Waals surface area contributed by atoms with Gasteiger partial charge in [0.2, 0.25) is 15.4 Å². The molecule has 0 unspecified atom stereocenters. The summed E-state index contributed by atoms with van der Waals surface area (Å²) in [5.74, 6) is 0.0677. The Hall–Kier alpha value is -0.580. The molecule has 1 fully saturated rings. The molecule has 0 saturated heterocycles. The van der Waals surface area contributed by atoms with Crippen LogP contribution in [0.5, 0.6) is 0 Å². The number of nitrogens with zero attached hydrogens (tertiary/aromatic N) is 3. The number of alkyl halides is 1. The summed E-state index contributed by atoms with van der Waals surface area (Å²) in [6.45, 7) is 1.80. The molecule has 1 aliphatic rings. The molecule has 1 aliphatic carbocycles. The van der Waals surface area contributed by atoms with E-state index in [9.17, 15) is 13.2 Å². The largest absolute Gasteiger partial charge is 0.301 e. The van der Waals surface area contributed by atoms with Gasteiger partial charge in [-0.25, -0.2) is 8.42 Å². The van der Waals surface area contributed by atoms with Crippen molar-refractivity contribution in [1.29, 1.82) is 0 Å². The van der Waals surface area contributed by atoms with Crippen molar-refractivity contribution >= 4 is 48.3 Å². The molecule has 1 saturated carbocycles. The van der Waals surface area contributed by atoms with Gasteiger partial charge in [0.25, 0.3) is 10.0 Å². The highest BCUT2D eigenvalue weighted by Crippen LogP contribution is 2.34. The lowest BCUT2D eigenvalue weighted by molar-refractivity contribution is -0.114. The minimum atomic E-state index is -3.63. The SMILES string of the molecule is CC(=O)Nc1nnc(S(=O)(=O)N(C)CC2CC(Br)C2)s1. The number of hydrogen-bond donors (Lipinski definition) is 1. The molecule has 1 N–H and O–H groups in total. The average molecular weight is 383 g/mol. The van der Waals surface area contributed by atoms with Gasteiger partial charge >= 0.3 is 0 Å². The highest BCUT2D eigenvalue weighted by atomic mass is 79.9. The van der Waals surface area contributed by atoms with Gasteiger partial charge < -0.3 is 5.32 Å². The van der Waals surface area contributed by atoms with Crippen molar-refractivity contribution in [2.45, 2.75) is 28.9 Å². The van der Waals surface area contributed by atoms with Gasteiger partial charge in [0.1, 0.15) is 0 Å². The number of anilines is 1. The van der Waals surface area contributed by atoms with Crippen molar-refractivity contribution in [3.8, 4) is 0 Å². The Bertz CT molecular complexity index is 597. The van der Waals surface area contributed by atoms with Gasteiger partial charge in [-0.1, -0.05) is 27.3 Å². The van der Waals surface area contributed by atoms with Crippen LogP contribution in [0.3, 0.4) is 0 Å². The minimum Gasteiger partial charge on any atom is -0.301 e. The van der Waals surface area contributed by atoms with Crippen molar-refractivity contribution in [3.63, 3.8) is 0 Å². The number of amides is 1. The Morgan fingerprint density at radius 1 is 1.50 bits per heavy atom. The van der Waals surface area contributed by atoms with E-state index >= 15 is 0 Å². The number of hydrogen-bond acceptors (Lipinski definition) is 6. The summed E-state index contributed by atoms with van der Waals surface area (Å²) >= 11 is 4.34. The van der Waals surface area contributed by atoms with Crippen LogP contribution in [0.1, 0.15) is 19.8 Å². The monoisotopic (exact) mass is 382 g/mol. The van der Waals surface area contributed by atoms with Gasteiger partial charge in [-0.2, -0.15) is 4.31 Å². The van der Waals surface area contributed by atoms with Crippen molar-refractivity contribution in [3.05, 3.63) is 0 Å². The molecule has 1 amide bonds. The molecular formula is C10H15BrN4O3S2. The molecule has 1 aromatic heterocycles. The zero-order valence-electron chi connectivity index (χ0n) is 11.0. The van der Waals surface area contributed by atoms with E-state index < -0.39 is 10.0 Å². The molecule has 112 valence electrons. The second-order valence-corrected chi connectivity index (χ2v) is 9.27. The molecule has 0 aromatic carbocycles. The predicted molar refractivity (Wildman–Crippen MR) is 79.5 cm³/mol. The lowest BCUT2D eigenvalue weighted by Crippen LogP contribution is -2.37. The Morgan fingerprint density at radius 3 is 2.70 bits per heavy atom. The summed E-state index contributed by atoms with van der Waals surface area (Å²) in [5, 5.41) is 9.91. The number of aromatic nitrogens is 2. The second kappa shape index (κ2) is 6.04. The normalized spacial score (nSPS) is 22.6. The van der Waals surface area contributed by atoms with E-state index in [1.54, 1.807) is 0 Å². The molecule has 20 heavy (non-hydrogen) atoms. The third-order valence-electron chi connectivity index (χ3n) is 3.01. The van der Waals surface area contributed by atoms with Crippen molar-refractivity contribution < 1.29 is 13.2 Å². The molecular weight excluding hydrogens is 368 g/mol. The van der Waals surface area contributed by atoms with Crippen LogP contribution >= 0.6 is 27.3 Å². The quantitative estimate of drug-likeness (QED) is 0.611. The average Bonchev–Trinajstić information content (AvgIpc) is 2.75. The third-order valence-corrected chi connectivity index (χ3v) is 6.77.